The molecule has 0 saturated heterocycles. The number of benzene rings is 1. The van der Waals surface area contributed by atoms with Gasteiger partial charge in [0.25, 0.3) is 0 Å². The van der Waals surface area contributed by atoms with Gasteiger partial charge < -0.3 is 5.32 Å². The fourth-order valence-electron chi connectivity index (χ4n) is 1.17. The molecule has 0 heterocycles. The maximum atomic E-state index is 6.13. The number of anilines is 1. The lowest BCUT2D eigenvalue weighted by Crippen LogP contribution is -2.21. The first-order valence-corrected chi connectivity index (χ1v) is 5.89. The van der Waals surface area contributed by atoms with E-state index < -0.39 is 0 Å². The van der Waals surface area contributed by atoms with Crippen molar-refractivity contribution in [2.75, 3.05) is 5.32 Å². The van der Waals surface area contributed by atoms with Gasteiger partial charge in [0, 0.05) is 11.1 Å². The third-order valence-electron chi connectivity index (χ3n) is 2.63. The van der Waals surface area contributed by atoms with Crippen LogP contribution in [-0.2, 0) is 0 Å². The first-order valence-electron chi connectivity index (χ1n) is 5.14. The van der Waals surface area contributed by atoms with Crippen molar-refractivity contribution in [2.24, 2.45) is 5.92 Å². The Labute approximate surface area is 102 Å². The molecule has 15 heavy (non-hydrogen) atoms. The highest BCUT2D eigenvalue weighted by molar-refractivity contribution is 6.35. The zero-order valence-electron chi connectivity index (χ0n) is 9.57. The van der Waals surface area contributed by atoms with E-state index in [0.29, 0.717) is 12.0 Å². The van der Waals surface area contributed by atoms with Crippen LogP contribution in [0.2, 0.25) is 10.0 Å². The van der Waals surface area contributed by atoms with Crippen LogP contribution in [0.4, 0.5) is 5.69 Å². The Hall–Kier alpha value is -0.400. The molecule has 0 aliphatic rings. The summed E-state index contributed by atoms with van der Waals surface area (Å²) >= 11 is 12.2. The minimum Gasteiger partial charge on any atom is -0.381 e. The molecule has 0 aromatic heterocycles. The summed E-state index contributed by atoms with van der Waals surface area (Å²) in [5, 5.41) is 4.84. The summed E-state index contributed by atoms with van der Waals surface area (Å²) in [4.78, 5) is 0. The van der Waals surface area contributed by atoms with Crippen LogP contribution >= 0.6 is 23.2 Å². The van der Waals surface area contributed by atoms with Crippen molar-refractivity contribution in [3.05, 3.63) is 27.7 Å². The largest absolute Gasteiger partial charge is 0.381 e. The van der Waals surface area contributed by atoms with Crippen molar-refractivity contribution >= 4 is 28.9 Å². The smallest absolute Gasteiger partial charge is 0.0641 e. The molecule has 0 fully saturated rings. The maximum Gasteiger partial charge on any atom is 0.0641 e. The van der Waals surface area contributed by atoms with Crippen LogP contribution in [0.5, 0.6) is 0 Å². The second-order valence-electron chi connectivity index (χ2n) is 4.26. The van der Waals surface area contributed by atoms with E-state index in [1.54, 1.807) is 0 Å². The number of hydrogen-bond acceptors (Lipinski definition) is 1. The van der Waals surface area contributed by atoms with Crippen molar-refractivity contribution in [1.82, 2.24) is 0 Å². The highest BCUT2D eigenvalue weighted by Gasteiger charge is 2.10. The van der Waals surface area contributed by atoms with E-state index in [4.69, 9.17) is 23.2 Å². The van der Waals surface area contributed by atoms with E-state index in [-0.39, 0.29) is 0 Å². The molecule has 0 amide bonds. The first-order chi connectivity index (χ1) is 6.91. The Bertz CT molecular complexity index is 348. The number of halogens is 2. The molecule has 0 radical (unpaired) electrons. The van der Waals surface area contributed by atoms with Gasteiger partial charge in [0.05, 0.1) is 10.7 Å². The molecule has 0 spiro atoms. The number of hydrogen-bond donors (Lipinski definition) is 1. The van der Waals surface area contributed by atoms with Crippen LogP contribution in [0.15, 0.2) is 12.1 Å². The molecule has 1 N–H and O–H groups in total. The minimum absolute atomic E-state index is 0.376. The highest BCUT2D eigenvalue weighted by atomic mass is 35.5. The molecule has 3 heteroatoms. The zero-order chi connectivity index (χ0) is 11.6. The highest BCUT2D eigenvalue weighted by Crippen LogP contribution is 2.29. The van der Waals surface area contributed by atoms with Crippen molar-refractivity contribution in [2.45, 2.75) is 33.7 Å². The molecule has 1 atom stereocenters. The van der Waals surface area contributed by atoms with Crippen LogP contribution in [-0.4, -0.2) is 6.04 Å². The topological polar surface area (TPSA) is 12.0 Å². The Morgan fingerprint density at radius 1 is 1.07 bits per heavy atom. The summed E-state index contributed by atoms with van der Waals surface area (Å²) < 4.78 is 0. The van der Waals surface area contributed by atoms with Crippen LogP contribution in [0.3, 0.4) is 0 Å². The van der Waals surface area contributed by atoms with Crippen LogP contribution in [0.25, 0.3) is 0 Å². The second-order valence-corrected chi connectivity index (χ2v) is 5.07. The van der Waals surface area contributed by atoms with Gasteiger partial charge in [-0.15, -0.1) is 0 Å². The Morgan fingerprint density at radius 2 is 1.67 bits per heavy atom. The van der Waals surface area contributed by atoms with Gasteiger partial charge in [0.1, 0.15) is 0 Å². The summed E-state index contributed by atoms with van der Waals surface area (Å²) in [7, 11) is 0. The number of rotatable bonds is 3. The average Bonchev–Trinajstić information content (AvgIpc) is 2.13. The number of nitrogens with one attached hydrogen (secondary N) is 1. The Kier molecular flexibility index (Phi) is 4.30. The summed E-state index contributed by atoms with van der Waals surface area (Å²) in [5.41, 5.74) is 1.91. The lowest BCUT2D eigenvalue weighted by Gasteiger charge is -2.20. The van der Waals surface area contributed by atoms with E-state index in [1.807, 2.05) is 19.1 Å². The van der Waals surface area contributed by atoms with Gasteiger partial charge >= 0.3 is 0 Å². The molecule has 1 rings (SSSR count). The van der Waals surface area contributed by atoms with Crippen molar-refractivity contribution < 1.29 is 0 Å². The quantitative estimate of drug-likeness (QED) is 0.810. The molecular formula is C12H17Cl2N. The second kappa shape index (κ2) is 5.09. The predicted octanol–water partition coefficient (Wildman–Crippen LogP) is 4.76. The summed E-state index contributed by atoms with van der Waals surface area (Å²) in [6.07, 6.45) is 0. The first kappa shape index (κ1) is 12.7. The van der Waals surface area contributed by atoms with Crippen molar-refractivity contribution in [3.63, 3.8) is 0 Å². The molecule has 0 bridgehead atoms. The van der Waals surface area contributed by atoms with Gasteiger partial charge in [0.15, 0.2) is 0 Å². The van der Waals surface area contributed by atoms with E-state index in [2.05, 4.69) is 26.1 Å². The van der Waals surface area contributed by atoms with E-state index in [0.717, 1.165) is 21.3 Å². The Balaban J connectivity index is 2.91. The zero-order valence-corrected chi connectivity index (χ0v) is 11.1. The SMILES string of the molecule is Cc1cc(Cl)c(NC(C)C(C)C)cc1Cl. The monoisotopic (exact) mass is 245 g/mol. The normalized spacial score (nSPS) is 13.0. The van der Waals surface area contributed by atoms with E-state index >= 15 is 0 Å². The maximum absolute atomic E-state index is 6.13. The molecule has 1 aromatic rings. The Morgan fingerprint density at radius 3 is 2.20 bits per heavy atom. The molecule has 0 saturated carbocycles. The molecule has 1 aromatic carbocycles. The third-order valence-corrected chi connectivity index (χ3v) is 3.35. The molecular weight excluding hydrogens is 229 g/mol. The average molecular weight is 246 g/mol. The molecule has 0 aliphatic heterocycles. The van der Waals surface area contributed by atoms with Gasteiger partial charge in [-0.05, 0) is 37.5 Å². The van der Waals surface area contributed by atoms with E-state index in [1.165, 1.54) is 0 Å². The minimum atomic E-state index is 0.376. The van der Waals surface area contributed by atoms with Crippen LogP contribution in [0.1, 0.15) is 26.3 Å². The summed E-state index contributed by atoms with van der Waals surface area (Å²) in [6, 6.07) is 4.15. The van der Waals surface area contributed by atoms with Gasteiger partial charge in [-0.25, -0.2) is 0 Å². The lowest BCUT2D eigenvalue weighted by molar-refractivity contribution is 0.560. The predicted molar refractivity (Wildman–Crippen MR) is 69.1 cm³/mol. The molecule has 1 unspecified atom stereocenters. The van der Waals surface area contributed by atoms with Gasteiger partial charge in [-0.3, -0.25) is 0 Å². The van der Waals surface area contributed by atoms with Crippen LogP contribution in [0, 0.1) is 12.8 Å². The number of aryl methyl sites for hydroxylation is 1. The fraction of sp³-hybridized carbons (Fsp3) is 0.500. The fourth-order valence-corrected chi connectivity index (χ4v) is 1.61. The van der Waals surface area contributed by atoms with Crippen LogP contribution < -0.4 is 5.32 Å². The van der Waals surface area contributed by atoms with E-state index in [9.17, 15) is 0 Å². The van der Waals surface area contributed by atoms with Crippen molar-refractivity contribution in [3.8, 4) is 0 Å². The lowest BCUT2D eigenvalue weighted by atomic mass is 10.1. The third kappa shape index (κ3) is 3.29. The standard InChI is InChI=1S/C12H17Cl2N/c1-7(2)9(4)15-12-6-10(13)8(3)5-11(12)14/h5-7,9,15H,1-4H3. The molecule has 84 valence electrons. The molecule has 1 nitrogen and oxygen atoms in total. The van der Waals surface area contributed by atoms with Gasteiger partial charge in [-0.1, -0.05) is 37.0 Å². The van der Waals surface area contributed by atoms with Gasteiger partial charge in [0.2, 0.25) is 0 Å². The summed E-state index contributed by atoms with van der Waals surface area (Å²) in [6.45, 7) is 8.42. The molecule has 0 aliphatic carbocycles. The van der Waals surface area contributed by atoms with Gasteiger partial charge in [-0.2, -0.15) is 0 Å². The van der Waals surface area contributed by atoms with Crippen molar-refractivity contribution in [1.29, 1.82) is 0 Å². The summed E-state index contributed by atoms with van der Waals surface area (Å²) in [5.74, 6) is 0.557.